The number of rotatable bonds is 56. The first-order valence-electron chi connectivity index (χ1n) is 41.4. The first kappa shape index (κ1) is 77.6. The molecule has 6 aromatic heterocycles. The van der Waals surface area contributed by atoms with Crippen molar-refractivity contribution in [2.24, 2.45) is 0 Å². The van der Waals surface area contributed by atoms with Crippen LogP contribution in [0.3, 0.4) is 0 Å². The average molecular weight is 1410 g/mol. The maximum atomic E-state index is 2.78. The van der Waals surface area contributed by atoms with Crippen molar-refractivity contribution >= 4 is 129 Å². The average Bonchev–Trinajstić information content (AvgIpc) is 1.24. The minimum atomic E-state index is 1.19. The maximum Gasteiger partial charge on any atom is 0.0455 e. The Kier molecular flexibility index (Phi) is 36.1. The van der Waals surface area contributed by atoms with Crippen molar-refractivity contribution in [1.29, 1.82) is 0 Å². The number of thiophene rings is 6. The van der Waals surface area contributed by atoms with Crippen LogP contribution in [-0.2, 0) is 38.5 Å². The van der Waals surface area contributed by atoms with Crippen LogP contribution in [0.2, 0.25) is 0 Å². The SMILES string of the molecule is CCCCCCCCCCc1c2cc(-c3cc4c(CCCCCCCCCC)c5sc(-c6cc7c(CCCCCCCCCC)c8sccc8c(CCCCCCCCCC)c7s6)cc5c(CCCCCCCCCC)c4s3)sc2c(CCCCCCCCCC)c2ccsc12. The summed E-state index contributed by atoms with van der Waals surface area (Å²) in [6.07, 6.45) is 73.2. The predicted octanol–water partition coefficient (Wildman–Crippen LogP) is 34.4. The summed E-state index contributed by atoms with van der Waals surface area (Å²) in [6.45, 7) is 14.1. The van der Waals surface area contributed by atoms with E-state index in [2.05, 4.69) is 134 Å². The molecule has 0 nitrogen and oxygen atoms in total. The number of hydrogen-bond donors (Lipinski definition) is 0. The molecule has 0 aliphatic carbocycles. The van der Waals surface area contributed by atoms with Gasteiger partial charge in [0.2, 0.25) is 0 Å². The number of unbranched alkanes of at least 4 members (excludes halogenated alkanes) is 42. The monoisotopic (exact) mass is 1410 g/mol. The molecule has 0 saturated heterocycles. The third kappa shape index (κ3) is 22.7. The number of benzene rings is 3. The molecule has 0 aliphatic rings. The molecule has 0 amide bonds. The molecule has 9 aromatic rings. The highest BCUT2D eigenvalue weighted by Crippen LogP contribution is 2.52. The van der Waals surface area contributed by atoms with Crippen molar-refractivity contribution in [3.05, 3.63) is 80.5 Å². The van der Waals surface area contributed by atoms with Gasteiger partial charge in [-0.3, -0.25) is 0 Å². The molecule has 0 radical (unpaired) electrons. The summed E-state index contributed by atoms with van der Waals surface area (Å²) in [5.74, 6) is 0. The molecule has 6 heteroatoms. The topological polar surface area (TPSA) is 0 Å². The van der Waals surface area contributed by atoms with Gasteiger partial charge in [0, 0.05) is 47.7 Å². The summed E-state index contributed by atoms with van der Waals surface area (Å²) in [7, 11) is 0. The molecule has 3 aromatic carbocycles. The van der Waals surface area contributed by atoms with Gasteiger partial charge in [0.15, 0.2) is 0 Å². The van der Waals surface area contributed by atoms with E-state index in [9.17, 15) is 0 Å². The zero-order valence-corrected chi connectivity index (χ0v) is 67.2. The second kappa shape index (κ2) is 44.7. The van der Waals surface area contributed by atoms with Gasteiger partial charge in [0.05, 0.1) is 0 Å². The lowest BCUT2D eigenvalue weighted by Crippen LogP contribution is -1.93. The van der Waals surface area contributed by atoms with Crippen molar-refractivity contribution in [2.75, 3.05) is 0 Å². The van der Waals surface area contributed by atoms with Gasteiger partial charge in [0.1, 0.15) is 0 Å². The number of aryl methyl sites for hydroxylation is 6. The molecule has 6 heterocycles. The van der Waals surface area contributed by atoms with Crippen molar-refractivity contribution in [2.45, 2.75) is 388 Å². The fourth-order valence-electron chi connectivity index (χ4n) is 16.2. The minimum absolute atomic E-state index is 1.19. The molecular formula is C90H134S6. The van der Waals surface area contributed by atoms with E-state index in [-0.39, 0.29) is 0 Å². The van der Waals surface area contributed by atoms with Crippen LogP contribution in [0.4, 0.5) is 0 Å². The molecule has 0 atom stereocenters. The van der Waals surface area contributed by atoms with Gasteiger partial charge in [-0.15, -0.1) is 68.0 Å². The van der Waals surface area contributed by atoms with Crippen LogP contribution in [-0.4, -0.2) is 0 Å². The van der Waals surface area contributed by atoms with Crippen LogP contribution in [0.25, 0.3) is 80.0 Å². The van der Waals surface area contributed by atoms with Crippen LogP contribution in [0.1, 0.15) is 383 Å². The summed E-state index contributed by atoms with van der Waals surface area (Å²) < 4.78 is 9.73. The normalized spacial score (nSPS) is 12.2. The Morgan fingerprint density at radius 3 is 0.552 bits per heavy atom. The third-order valence-electron chi connectivity index (χ3n) is 22.0. The van der Waals surface area contributed by atoms with E-state index in [0.29, 0.717) is 0 Å². The van der Waals surface area contributed by atoms with E-state index < -0.39 is 0 Å². The molecule has 0 spiro atoms. The highest BCUT2D eigenvalue weighted by atomic mass is 32.1. The second-order valence-corrected chi connectivity index (χ2v) is 36.0. The summed E-state index contributed by atoms with van der Waals surface area (Å²) >= 11 is 12.9. The molecule has 0 N–H and O–H groups in total. The quantitative estimate of drug-likeness (QED) is 0.0333. The highest BCUT2D eigenvalue weighted by Gasteiger charge is 2.26. The van der Waals surface area contributed by atoms with Gasteiger partial charge in [0.25, 0.3) is 0 Å². The van der Waals surface area contributed by atoms with E-state index in [1.807, 2.05) is 22.7 Å². The Balaban J connectivity index is 1.13. The minimum Gasteiger partial charge on any atom is -0.143 e. The molecule has 0 aliphatic heterocycles. The van der Waals surface area contributed by atoms with Crippen molar-refractivity contribution < 1.29 is 0 Å². The zero-order chi connectivity index (χ0) is 66.8. The van der Waals surface area contributed by atoms with E-state index in [1.165, 1.54) is 366 Å². The fourth-order valence-corrected chi connectivity index (χ4v) is 23.5. The van der Waals surface area contributed by atoms with Crippen molar-refractivity contribution in [1.82, 2.24) is 0 Å². The largest absolute Gasteiger partial charge is 0.143 e. The van der Waals surface area contributed by atoms with Crippen molar-refractivity contribution in [3.8, 4) is 19.5 Å². The third-order valence-corrected chi connectivity index (χ3v) is 29.1. The smallest absolute Gasteiger partial charge is 0.0455 e. The summed E-state index contributed by atoms with van der Waals surface area (Å²) in [6, 6.07) is 16.1. The zero-order valence-electron chi connectivity index (χ0n) is 62.3. The number of fused-ring (bicyclic) bond motifs is 6. The van der Waals surface area contributed by atoms with Crippen LogP contribution in [0.5, 0.6) is 0 Å². The first-order chi connectivity index (χ1) is 47.5. The lowest BCUT2D eigenvalue weighted by Gasteiger charge is -2.12. The van der Waals surface area contributed by atoms with Gasteiger partial charge >= 0.3 is 0 Å². The second-order valence-electron chi connectivity index (χ2n) is 30.0. The molecule has 0 unspecified atom stereocenters. The van der Waals surface area contributed by atoms with Crippen LogP contribution in [0.15, 0.2) is 47.2 Å². The van der Waals surface area contributed by atoms with Crippen LogP contribution >= 0.6 is 68.0 Å². The van der Waals surface area contributed by atoms with E-state index in [0.717, 1.165) is 0 Å². The van der Waals surface area contributed by atoms with E-state index in [4.69, 9.17) is 0 Å². The molecule has 0 saturated carbocycles. The molecular weight excluding hydrogens is 1270 g/mol. The van der Waals surface area contributed by atoms with Gasteiger partial charge in [-0.25, -0.2) is 0 Å². The number of hydrogen-bond acceptors (Lipinski definition) is 6. The molecule has 530 valence electrons. The Morgan fingerprint density at radius 2 is 0.354 bits per heavy atom. The molecule has 96 heavy (non-hydrogen) atoms. The summed E-state index contributed by atoms with van der Waals surface area (Å²) in [5.41, 5.74) is 10.1. The predicted molar refractivity (Wildman–Crippen MR) is 447 cm³/mol. The molecule has 0 bridgehead atoms. The summed E-state index contributed by atoms with van der Waals surface area (Å²) in [5, 5.41) is 14.5. The van der Waals surface area contributed by atoms with E-state index >= 15 is 0 Å². The Morgan fingerprint density at radius 1 is 0.188 bits per heavy atom. The lowest BCUT2D eigenvalue weighted by molar-refractivity contribution is 0.576. The summed E-state index contributed by atoms with van der Waals surface area (Å²) in [4.78, 5) is 6.15. The fraction of sp³-hybridized carbons (Fsp3) is 0.667. The standard InChI is InChI=1S/C90H134S6/c1-7-13-19-25-31-37-43-49-55-69-75-61-63-91-85(75)71(57-51-45-39-33-27-21-15-9-3)77-65-81(93-87(69)77)83-67-79-73(59-53-47-41-35-29-23-17-11-5)90-80(74(89(79)95-83)60-54-48-42-36-30-24-18-12-6)68-84(96-90)82-66-78-72(58-52-46-40-34-28-22-16-10-4)86-76(62-64-92-86)70(88(78)94-82)56-50-44-38-32-26-20-14-8-2/h61-68H,7-60H2,1-6H3. The van der Waals surface area contributed by atoms with Crippen LogP contribution in [0, 0.1) is 0 Å². The first-order valence-corrected chi connectivity index (χ1v) is 46.5. The van der Waals surface area contributed by atoms with Gasteiger partial charge in [-0.05, 0) is 190 Å². The molecule has 0 fully saturated rings. The van der Waals surface area contributed by atoms with E-state index in [1.54, 1.807) is 93.9 Å². The van der Waals surface area contributed by atoms with Gasteiger partial charge < -0.3 is 0 Å². The lowest BCUT2D eigenvalue weighted by atomic mass is 9.94. The van der Waals surface area contributed by atoms with Gasteiger partial charge in [-0.1, -0.05) is 311 Å². The van der Waals surface area contributed by atoms with Crippen LogP contribution < -0.4 is 0 Å². The van der Waals surface area contributed by atoms with Crippen molar-refractivity contribution in [3.63, 3.8) is 0 Å². The maximum absolute atomic E-state index is 2.78. The Labute approximate surface area is 611 Å². The Bertz CT molecular complexity index is 3150. The highest BCUT2D eigenvalue weighted by molar-refractivity contribution is 7.30. The molecule has 9 rings (SSSR count). The van der Waals surface area contributed by atoms with Gasteiger partial charge in [-0.2, -0.15) is 0 Å². The Hall–Kier alpha value is -2.58.